The highest BCUT2D eigenvalue weighted by molar-refractivity contribution is 5.87. The lowest BCUT2D eigenvalue weighted by atomic mass is 9.95. The van der Waals surface area contributed by atoms with Crippen LogP contribution in [0.3, 0.4) is 0 Å². The number of rotatable bonds is 6. The predicted molar refractivity (Wildman–Crippen MR) is 78.7 cm³/mol. The van der Waals surface area contributed by atoms with Gasteiger partial charge in [-0.1, -0.05) is 37.1 Å². The molecule has 0 fully saturated rings. The topological polar surface area (TPSA) is 66.4 Å². The monoisotopic (exact) mass is 277 g/mol. The van der Waals surface area contributed by atoms with E-state index in [4.69, 9.17) is 0 Å². The van der Waals surface area contributed by atoms with Crippen molar-refractivity contribution in [2.45, 2.75) is 52.5 Å². The van der Waals surface area contributed by atoms with Crippen molar-refractivity contribution in [1.29, 1.82) is 0 Å². The average molecular weight is 277 g/mol. The maximum absolute atomic E-state index is 12.1. The Bertz CT molecular complexity index is 510. The van der Waals surface area contributed by atoms with E-state index in [2.05, 4.69) is 5.32 Å². The number of benzene rings is 1. The van der Waals surface area contributed by atoms with E-state index in [0.29, 0.717) is 12.8 Å². The summed E-state index contributed by atoms with van der Waals surface area (Å²) in [5.74, 6) is -1.24. The Morgan fingerprint density at radius 2 is 1.95 bits per heavy atom. The molecule has 0 aromatic heterocycles. The summed E-state index contributed by atoms with van der Waals surface area (Å²) in [6.45, 7) is 7.38. The highest BCUT2D eigenvalue weighted by atomic mass is 16.4. The first-order valence-corrected chi connectivity index (χ1v) is 6.89. The molecule has 4 heteroatoms. The lowest BCUT2D eigenvalue weighted by Crippen LogP contribution is -2.52. The van der Waals surface area contributed by atoms with Gasteiger partial charge >= 0.3 is 5.97 Å². The summed E-state index contributed by atoms with van der Waals surface area (Å²) in [6.07, 6.45) is 1.33. The number of hydrogen-bond donors (Lipinski definition) is 2. The first-order chi connectivity index (χ1) is 9.28. The molecule has 0 saturated carbocycles. The molecule has 0 bridgehead atoms. The third-order valence-corrected chi connectivity index (χ3v) is 3.49. The molecular formula is C16H23NO3. The Morgan fingerprint density at radius 3 is 2.50 bits per heavy atom. The lowest BCUT2D eigenvalue weighted by Gasteiger charge is -2.26. The quantitative estimate of drug-likeness (QED) is 0.840. The molecular weight excluding hydrogens is 254 g/mol. The van der Waals surface area contributed by atoms with E-state index >= 15 is 0 Å². The molecule has 110 valence electrons. The van der Waals surface area contributed by atoms with Crippen molar-refractivity contribution in [3.05, 3.63) is 34.9 Å². The summed E-state index contributed by atoms with van der Waals surface area (Å²) >= 11 is 0. The molecule has 4 nitrogen and oxygen atoms in total. The van der Waals surface area contributed by atoms with Crippen LogP contribution in [0.4, 0.5) is 0 Å². The number of aryl methyl sites for hydroxylation is 2. The van der Waals surface area contributed by atoms with Gasteiger partial charge in [0.25, 0.3) is 0 Å². The number of hydrogen-bond acceptors (Lipinski definition) is 2. The number of carbonyl (C=O) groups excluding carboxylic acids is 1. The molecule has 0 aliphatic carbocycles. The van der Waals surface area contributed by atoms with Crippen LogP contribution in [0.15, 0.2) is 18.2 Å². The van der Waals surface area contributed by atoms with Crippen molar-refractivity contribution in [1.82, 2.24) is 5.32 Å². The Kier molecular flexibility index (Phi) is 5.31. The number of carboxylic acid groups (broad SMARTS) is 1. The van der Waals surface area contributed by atoms with Gasteiger partial charge in [-0.25, -0.2) is 4.79 Å². The van der Waals surface area contributed by atoms with Crippen LogP contribution in [-0.2, 0) is 16.0 Å². The average Bonchev–Trinajstić information content (AvgIpc) is 2.33. The SMILES string of the molecule is CCCC(C)(NC(=O)Cc1cc(C)ccc1C)C(=O)O. The fraction of sp³-hybridized carbons (Fsp3) is 0.500. The zero-order valence-electron chi connectivity index (χ0n) is 12.6. The number of nitrogens with one attached hydrogen (secondary N) is 1. The first-order valence-electron chi connectivity index (χ1n) is 6.89. The van der Waals surface area contributed by atoms with Crippen LogP contribution < -0.4 is 5.32 Å². The number of carbonyl (C=O) groups is 2. The van der Waals surface area contributed by atoms with Crippen LogP contribution >= 0.6 is 0 Å². The molecule has 0 spiro atoms. The third kappa shape index (κ3) is 4.08. The van der Waals surface area contributed by atoms with Gasteiger partial charge in [-0.3, -0.25) is 4.79 Å². The molecule has 1 aromatic carbocycles. The van der Waals surface area contributed by atoms with Crippen LogP contribution in [0.2, 0.25) is 0 Å². The van der Waals surface area contributed by atoms with Crippen molar-refractivity contribution in [3.63, 3.8) is 0 Å². The molecule has 20 heavy (non-hydrogen) atoms. The molecule has 0 aliphatic rings. The van der Waals surface area contributed by atoms with E-state index in [1.54, 1.807) is 6.92 Å². The molecule has 0 saturated heterocycles. The van der Waals surface area contributed by atoms with Gasteiger partial charge in [0.05, 0.1) is 6.42 Å². The van der Waals surface area contributed by atoms with Gasteiger partial charge in [-0.05, 0) is 38.3 Å². The van der Waals surface area contributed by atoms with Crippen molar-refractivity contribution < 1.29 is 14.7 Å². The second-order valence-corrected chi connectivity index (χ2v) is 5.54. The van der Waals surface area contributed by atoms with Gasteiger partial charge in [-0.15, -0.1) is 0 Å². The second kappa shape index (κ2) is 6.55. The second-order valence-electron chi connectivity index (χ2n) is 5.54. The van der Waals surface area contributed by atoms with E-state index in [-0.39, 0.29) is 12.3 Å². The molecule has 0 heterocycles. The van der Waals surface area contributed by atoms with Gasteiger partial charge in [0.15, 0.2) is 0 Å². The number of amides is 1. The van der Waals surface area contributed by atoms with Crippen LogP contribution in [0.25, 0.3) is 0 Å². The largest absolute Gasteiger partial charge is 0.480 e. The fourth-order valence-corrected chi connectivity index (χ4v) is 2.24. The lowest BCUT2D eigenvalue weighted by molar-refractivity contribution is -0.147. The van der Waals surface area contributed by atoms with Gasteiger partial charge < -0.3 is 10.4 Å². The Morgan fingerprint density at radius 1 is 1.30 bits per heavy atom. The maximum Gasteiger partial charge on any atom is 0.329 e. The summed E-state index contributed by atoms with van der Waals surface area (Å²) < 4.78 is 0. The van der Waals surface area contributed by atoms with Crippen LogP contribution in [-0.4, -0.2) is 22.5 Å². The number of aliphatic carboxylic acids is 1. The van der Waals surface area contributed by atoms with E-state index in [1.165, 1.54) is 0 Å². The molecule has 0 radical (unpaired) electrons. The molecule has 1 aromatic rings. The summed E-state index contributed by atoms with van der Waals surface area (Å²) in [7, 11) is 0. The van der Waals surface area contributed by atoms with E-state index in [1.807, 2.05) is 39.0 Å². The Balaban J connectivity index is 2.81. The van der Waals surface area contributed by atoms with Gasteiger partial charge in [-0.2, -0.15) is 0 Å². The molecule has 1 atom stereocenters. The van der Waals surface area contributed by atoms with Gasteiger partial charge in [0, 0.05) is 0 Å². The fourth-order valence-electron chi connectivity index (χ4n) is 2.24. The van der Waals surface area contributed by atoms with Crippen molar-refractivity contribution in [2.75, 3.05) is 0 Å². The highest BCUT2D eigenvalue weighted by Crippen LogP contribution is 2.15. The summed E-state index contributed by atoms with van der Waals surface area (Å²) in [5, 5.41) is 11.9. The maximum atomic E-state index is 12.1. The van der Waals surface area contributed by atoms with Crippen LogP contribution in [0.5, 0.6) is 0 Å². The first kappa shape index (κ1) is 16.2. The number of carboxylic acids is 1. The zero-order valence-corrected chi connectivity index (χ0v) is 12.6. The van der Waals surface area contributed by atoms with E-state index < -0.39 is 11.5 Å². The Labute approximate surface area is 120 Å². The minimum Gasteiger partial charge on any atom is -0.480 e. The molecule has 2 N–H and O–H groups in total. The minimum atomic E-state index is -1.19. The van der Waals surface area contributed by atoms with Crippen molar-refractivity contribution in [3.8, 4) is 0 Å². The zero-order chi connectivity index (χ0) is 15.3. The highest BCUT2D eigenvalue weighted by Gasteiger charge is 2.33. The van der Waals surface area contributed by atoms with Gasteiger partial charge in [0.1, 0.15) is 5.54 Å². The van der Waals surface area contributed by atoms with Crippen LogP contribution in [0.1, 0.15) is 43.4 Å². The molecule has 0 aliphatic heterocycles. The minimum absolute atomic E-state index is 0.208. The summed E-state index contributed by atoms with van der Waals surface area (Å²) in [6, 6.07) is 5.93. The van der Waals surface area contributed by atoms with Crippen LogP contribution in [0, 0.1) is 13.8 Å². The molecule has 1 unspecified atom stereocenters. The van der Waals surface area contributed by atoms with Crippen molar-refractivity contribution >= 4 is 11.9 Å². The van der Waals surface area contributed by atoms with Crippen molar-refractivity contribution in [2.24, 2.45) is 0 Å². The summed E-state index contributed by atoms with van der Waals surface area (Å²) in [5.41, 5.74) is 1.88. The molecule has 1 rings (SSSR count). The van der Waals surface area contributed by atoms with E-state index in [9.17, 15) is 14.7 Å². The normalized spacial score (nSPS) is 13.6. The summed E-state index contributed by atoms with van der Waals surface area (Å²) in [4.78, 5) is 23.4. The molecule has 1 amide bonds. The Hall–Kier alpha value is -1.84. The van der Waals surface area contributed by atoms with Gasteiger partial charge in [0.2, 0.25) is 5.91 Å². The standard InChI is InChI=1S/C16H23NO3/c1-5-8-16(4,15(19)20)17-14(18)10-13-9-11(2)6-7-12(13)3/h6-7,9H,5,8,10H2,1-4H3,(H,17,18)(H,19,20). The predicted octanol–water partition coefficient (Wildman–Crippen LogP) is 2.61. The van der Waals surface area contributed by atoms with E-state index in [0.717, 1.165) is 16.7 Å². The smallest absolute Gasteiger partial charge is 0.329 e. The third-order valence-electron chi connectivity index (χ3n) is 3.49.